The molecule has 152 valence electrons. The number of hydrogen-bond donors (Lipinski definition) is 2. The van der Waals surface area contributed by atoms with Gasteiger partial charge in [-0.2, -0.15) is 5.26 Å². The molecule has 3 rings (SSSR count). The Hall–Kier alpha value is -3.34. The van der Waals surface area contributed by atoms with Crippen LogP contribution in [0.5, 0.6) is 0 Å². The van der Waals surface area contributed by atoms with Gasteiger partial charge >= 0.3 is 0 Å². The van der Waals surface area contributed by atoms with E-state index in [2.05, 4.69) is 35.6 Å². The van der Waals surface area contributed by atoms with Gasteiger partial charge in [-0.25, -0.2) is 4.98 Å². The normalized spacial score (nSPS) is 15.4. The van der Waals surface area contributed by atoms with Crippen LogP contribution < -0.4 is 10.6 Å². The third-order valence-corrected chi connectivity index (χ3v) is 4.91. The molecule has 8 nitrogen and oxygen atoms in total. The molecule has 0 saturated carbocycles. The number of hydrogen-bond acceptors (Lipinski definition) is 5. The smallest absolute Gasteiger partial charge is 0.259 e. The molecule has 0 unspecified atom stereocenters. The van der Waals surface area contributed by atoms with Gasteiger partial charge < -0.3 is 20.5 Å². The molecule has 0 atom stereocenters. The summed E-state index contributed by atoms with van der Waals surface area (Å²) in [5.74, 6) is -0.568. The fraction of sp³-hybridized carbons (Fsp3) is 0.429. The molecule has 2 amide bonds. The van der Waals surface area contributed by atoms with E-state index < -0.39 is 5.91 Å². The molecule has 1 saturated heterocycles. The largest absolute Gasteiger partial charge is 0.367 e. The summed E-state index contributed by atoms with van der Waals surface area (Å²) in [6, 6.07) is 3.80. The second-order valence-corrected chi connectivity index (χ2v) is 8.47. The molecule has 0 aliphatic carbocycles. The van der Waals surface area contributed by atoms with Crippen molar-refractivity contribution in [1.29, 1.82) is 5.26 Å². The second-order valence-electron chi connectivity index (χ2n) is 8.47. The third-order valence-electron chi connectivity index (χ3n) is 4.91. The number of H-pyrrole nitrogens is 1. The number of pyridine rings is 1. The Kier molecular flexibility index (Phi) is 5.59. The van der Waals surface area contributed by atoms with Crippen LogP contribution in [-0.4, -0.2) is 52.9 Å². The Bertz CT molecular complexity index is 1000. The van der Waals surface area contributed by atoms with E-state index in [1.54, 1.807) is 12.4 Å². The highest BCUT2D eigenvalue weighted by atomic mass is 16.2. The molecule has 0 spiro atoms. The van der Waals surface area contributed by atoms with Gasteiger partial charge in [-0.3, -0.25) is 9.59 Å². The van der Waals surface area contributed by atoms with Gasteiger partial charge in [-0.1, -0.05) is 20.8 Å². The van der Waals surface area contributed by atoms with Crippen LogP contribution in [0.15, 0.2) is 24.0 Å². The van der Waals surface area contributed by atoms with E-state index in [1.807, 2.05) is 17.0 Å². The zero-order valence-electron chi connectivity index (χ0n) is 17.0. The van der Waals surface area contributed by atoms with Crippen LogP contribution in [0.2, 0.25) is 0 Å². The number of aromatic nitrogens is 2. The van der Waals surface area contributed by atoms with E-state index in [9.17, 15) is 9.59 Å². The van der Waals surface area contributed by atoms with Crippen molar-refractivity contribution in [3.8, 4) is 6.07 Å². The minimum absolute atomic E-state index is 0.0193. The molecule has 8 heteroatoms. The van der Waals surface area contributed by atoms with Gasteiger partial charge in [-0.15, -0.1) is 0 Å². The van der Waals surface area contributed by atoms with Crippen molar-refractivity contribution in [1.82, 2.24) is 14.9 Å². The Balaban J connectivity index is 1.77. The molecule has 2 aromatic heterocycles. The number of rotatable bonds is 4. The minimum Gasteiger partial charge on any atom is -0.367 e. The number of nitriles is 1. The molecule has 1 aliphatic heterocycles. The number of nitrogens with one attached hydrogen (secondary N) is 1. The first-order chi connectivity index (χ1) is 13.7. The highest BCUT2D eigenvalue weighted by Crippen LogP contribution is 2.26. The number of nitrogens with zero attached hydrogens (tertiary/aromatic N) is 4. The summed E-state index contributed by atoms with van der Waals surface area (Å²) in [7, 11) is 0. The number of nitrogens with two attached hydrogens (primary N) is 1. The van der Waals surface area contributed by atoms with E-state index >= 15 is 0 Å². The molecule has 0 radical (unpaired) electrons. The second kappa shape index (κ2) is 7.95. The monoisotopic (exact) mass is 394 g/mol. The van der Waals surface area contributed by atoms with Crippen LogP contribution in [0, 0.1) is 16.7 Å². The highest BCUT2D eigenvalue weighted by molar-refractivity contribution is 6.03. The number of amides is 2. The predicted molar refractivity (Wildman–Crippen MR) is 112 cm³/mol. The molecule has 1 aliphatic rings. The maximum Gasteiger partial charge on any atom is 0.259 e. The van der Waals surface area contributed by atoms with Crippen LogP contribution in [0.3, 0.4) is 0 Å². The van der Waals surface area contributed by atoms with Crippen molar-refractivity contribution >= 4 is 34.6 Å². The molecule has 0 bridgehead atoms. The van der Waals surface area contributed by atoms with Gasteiger partial charge in [0.05, 0.1) is 11.9 Å². The quantitative estimate of drug-likeness (QED) is 0.607. The fourth-order valence-corrected chi connectivity index (χ4v) is 3.40. The van der Waals surface area contributed by atoms with Gasteiger partial charge in [0, 0.05) is 49.7 Å². The number of piperazine rings is 1. The molecular weight excluding hydrogens is 368 g/mol. The maximum atomic E-state index is 12.4. The topological polar surface area (TPSA) is 119 Å². The summed E-state index contributed by atoms with van der Waals surface area (Å²) < 4.78 is 0. The summed E-state index contributed by atoms with van der Waals surface area (Å²) in [6.45, 7) is 9.01. The molecule has 29 heavy (non-hydrogen) atoms. The van der Waals surface area contributed by atoms with Crippen molar-refractivity contribution in [3.63, 3.8) is 0 Å². The predicted octanol–water partition coefficient (Wildman–Crippen LogP) is 2.04. The lowest BCUT2D eigenvalue weighted by Gasteiger charge is -2.37. The maximum absolute atomic E-state index is 12.4. The van der Waals surface area contributed by atoms with Gasteiger partial charge in [0.25, 0.3) is 5.91 Å². The number of carbonyl (C=O) groups excluding carboxylic acids is 2. The van der Waals surface area contributed by atoms with Crippen molar-refractivity contribution in [2.45, 2.75) is 27.2 Å². The van der Waals surface area contributed by atoms with E-state index in [0.717, 1.165) is 24.2 Å². The summed E-state index contributed by atoms with van der Waals surface area (Å²) in [6.07, 6.45) is 5.50. The Morgan fingerprint density at radius 3 is 2.59 bits per heavy atom. The zero-order valence-corrected chi connectivity index (χ0v) is 17.0. The molecule has 1 fully saturated rings. The fourth-order valence-electron chi connectivity index (χ4n) is 3.40. The number of primary amides is 1. The van der Waals surface area contributed by atoms with E-state index in [1.165, 1.54) is 6.08 Å². The van der Waals surface area contributed by atoms with Crippen LogP contribution in [0.25, 0.3) is 17.1 Å². The first kappa shape index (κ1) is 20.4. The van der Waals surface area contributed by atoms with E-state index in [4.69, 9.17) is 11.0 Å². The highest BCUT2D eigenvalue weighted by Gasteiger charge is 2.25. The Morgan fingerprint density at radius 1 is 1.31 bits per heavy atom. The molecule has 3 heterocycles. The summed E-state index contributed by atoms with van der Waals surface area (Å²) in [4.78, 5) is 35.4. The van der Waals surface area contributed by atoms with Gasteiger partial charge in [0.2, 0.25) is 5.91 Å². The van der Waals surface area contributed by atoms with Gasteiger partial charge in [-0.05, 0) is 17.6 Å². The van der Waals surface area contributed by atoms with Crippen molar-refractivity contribution in [3.05, 3.63) is 29.6 Å². The summed E-state index contributed by atoms with van der Waals surface area (Å²) in [5.41, 5.74) is 7.39. The van der Waals surface area contributed by atoms with Crippen LogP contribution in [-0.2, 0) is 9.59 Å². The van der Waals surface area contributed by atoms with Crippen LogP contribution in [0.1, 0.15) is 32.8 Å². The number of aromatic amines is 1. The number of anilines is 1. The lowest BCUT2D eigenvalue weighted by Crippen LogP contribution is -2.49. The zero-order chi connectivity index (χ0) is 21.2. The van der Waals surface area contributed by atoms with Crippen LogP contribution in [0.4, 0.5) is 5.69 Å². The number of carbonyl (C=O) groups is 2. The van der Waals surface area contributed by atoms with E-state index in [-0.39, 0.29) is 16.9 Å². The average Bonchev–Trinajstić information content (AvgIpc) is 3.06. The Morgan fingerprint density at radius 2 is 2.00 bits per heavy atom. The average molecular weight is 394 g/mol. The summed E-state index contributed by atoms with van der Waals surface area (Å²) >= 11 is 0. The van der Waals surface area contributed by atoms with E-state index in [0.29, 0.717) is 30.7 Å². The third kappa shape index (κ3) is 4.74. The van der Waals surface area contributed by atoms with Crippen molar-refractivity contribution < 1.29 is 9.59 Å². The summed E-state index contributed by atoms with van der Waals surface area (Å²) in [5, 5.41) is 9.89. The molecule has 0 aromatic carbocycles. The van der Waals surface area contributed by atoms with Gasteiger partial charge in [0.1, 0.15) is 17.3 Å². The standard InChI is InChI=1S/C21H26N6O2/c1-21(2,3)10-18(28)27-6-4-26(5-7-27)16-9-17-15(8-14(11-22)19(23)29)12-24-20(17)25-13-16/h8-9,12-13H,4-7,10H2,1-3H3,(H2,23,29)(H,24,25). The first-order valence-electron chi connectivity index (χ1n) is 9.59. The minimum atomic E-state index is -0.762. The van der Waals surface area contributed by atoms with Crippen molar-refractivity contribution in [2.75, 3.05) is 31.1 Å². The molecule has 2 aromatic rings. The molecule has 3 N–H and O–H groups in total. The SMILES string of the molecule is CC(C)(C)CC(=O)N1CCN(c2cnc3[nH]cc(C=C(C#N)C(N)=O)c3c2)CC1. The molecular formula is C21H26N6O2. The van der Waals surface area contributed by atoms with Crippen LogP contribution >= 0.6 is 0 Å². The lowest BCUT2D eigenvalue weighted by molar-refractivity contribution is -0.133. The first-order valence-corrected chi connectivity index (χ1v) is 9.59. The van der Waals surface area contributed by atoms with Gasteiger partial charge in [0.15, 0.2) is 0 Å². The Labute approximate surface area is 170 Å². The number of fused-ring (bicyclic) bond motifs is 1. The lowest BCUT2D eigenvalue weighted by atomic mass is 9.91. The van der Waals surface area contributed by atoms with Crippen molar-refractivity contribution in [2.24, 2.45) is 11.1 Å².